The molecule has 0 saturated carbocycles. The van der Waals surface area contributed by atoms with Crippen LogP contribution in [0, 0.1) is 0 Å². The van der Waals surface area contributed by atoms with E-state index in [9.17, 15) is 22.8 Å². The van der Waals surface area contributed by atoms with Gasteiger partial charge in [0.25, 0.3) is 5.91 Å². The molecule has 4 rings (SSSR count). The minimum atomic E-state index is -4.50. The highest BCUT2D eigenvalue weighted by molar-refractivity contribution is 6.08. The summed E-state index contributed by atoms with van der Waals surface area (Å²) >= 11 is 0. The summed E-state index contributed by atoms with van der Waals surface area (Å²) in [6.45, 7) is 1.38. The van der Waals surface area contributed by atoms with Crippen LogP contribution in [0.5, 0.6) is 0 Å². The monoisotopic (exact) mass is 432 g/mol. The van der Waals surface area contributed by atoms with Crippen LogP contribution in [0.1, 0.15) is 34.3 Å². The van der Waals surface area contributed by atoms with Gasteiger partial charge in [0.2, 0.25) is 5.91 Å². The van der Waals surface area contributed by atoms with Crippen molar-refractivity contribution in [3.05, 3.63) is 53.1 Å². The van der Waals surface area contributed by atoms with Gasteiger partial charge in [-0.25, -0.2) is 0 Å². The molecule has 0 aromatic heterocycles. The zero-order valence-corrected chi connectivity index (χ0v) is 17.0. The van der Waals surface area contributed by atoms with Gasteiger partial charge in [-0.3, -0.25) is 9.59 Å². The van der Waals surface area contributed by atoms with Gasteiger partial charge >= 0.3 is 6.18 Å². The maximum Gasteiger partial charge on any atom is 0.416 e. The van der Waals surface area contributed by atoms with Crippen LogP contribution in [0.4, 0.5) is 30.2 Å². The number of rotatable bonds is 4. The molecule has 3 N–H and O–H groups in total. The number of fused-ring (bicyclic) bond motifs is 1. The number of carbonyl (C=O) groups excluding carboxylic acids is 2. The molecule has 1 atom stereocenters. The number of aryl methyl sites for hydroxylation is 1. The molecule has 2 heterocycles. The SMILES string of the molecule is CN1C(=O)CCc2ccc(NC(=O)c3ccc(C(F)(F)F)cc3N[C@@H]3CCNC3)cc21. The van der Waals surface area contributed by atoms with Gasteiger partial charge in [0.05, 0.1) is 11.1 Å². The Balaban J connectivity index is 1.61. The zero-order valence-electron chi connectivity index (χ0n) is 17.0. The molecule has 6 nitrogen and oxygen atoms in total. The van der Waals surface area contributed by atoms with Crippen LogP contribution in [0.3, 0.4) is 0 Å². The number of nitrogens with one attached hydrogen (secondary N) is 3. The Hall–Kier alpha value is -3.07. The Bertz CT molecular complexity index is 1020. The molecule has 9 heteroatoms. The van der Waals surface area contributed by atoms with Crippen molar-refractivity contribution in [1.82, 2.24) is 5.32 Å². The molecule has 0 unspecified atom stereocenters. The van der Waals surface area contributed by atoms with Crippen molar-refractivity contribution in [3.63, 3.8) is 0 Å². The lowest BCUT2D eigenvalue weighted by Crippen LogP contribution is -2.31. The van der Waals surface area contributed by atoms with Crippen LogP contribution in [0.2, 0.25) is 0 Å². The average molecular weight is 432 g/mol. The number of amides is 2. The largest absolute Gasteiger partial charge is 0.416 e. The fourth-order valence-corrected chi connectivity index (χ4v) is 3.94. The van der Waals surface area contributed by atoms with Crippen molar-refractivity contribution in [2.24, 2.45) is 0 Å². The van der Waals surface area contributed by atoms with Gasteiger partial charge < -0.3 is 20.9 Å². The van der Waals surface area contributed by atoms with E-state index in [1.165, 1.54) is 6.07 Å². The smallest absolute Gasteiger partial charge is 0.380 e. The summed E-state index contributed by atoms with van der Waals surface area (Å²) in [4.78, 5) is 26.5. The highest BCUT2D eigenvalue weighted by Gasteiger charge is 2.32. The van der Waals surface area contributed by atoms with E-state index >= 15 is 0 Å². The van der Waals surface area contributed by atoms with E-state index in [0.717, 1.165) is 36.3 Å². The summed E-state index contributed by atoms with van der Waals surface area (Å²) in [5, 5.41) is 8.97. The lowest BCUT2D eigenvalue weighted by atomic mass is 10.0. The quantitative estimate of drug-likeness (QED) is 0.690. The Kier molecular flexibility index (Phi) is 5.62. The number of alkyl halides is 3. The van der Waals surface area contributed by atoms with Crippen LogP contribution in [-0.2, 0) is 17.4 Å². The summed E-state index contributed by atoms with van der Waals surface area (Å²) in [6, 6.07) is 8.32. The van der Waals surface area contributed by atoms with Gasteiger partial charge in [0, 0.05) is 43.1 Å². The van der Waals surface area contributed by atoms with Crippen molar-refractivity contribution in [2.75, 3.05) is 35.7 Å². The van der Waals surface area contributed by atoms with E-state index in [4.69, 9.17) is 0 Å². The standard InChI is InChI=1S/C22H23F3N4O2/c1-29-19-11-15(5-2-13(19)3-7-20(29)30)28-21(31)17-6-4-14(22(23,24)25)10-18(17)27-16-8-9-26-12-16/h2,4-6,10-11,16,26-27H,3,7-9,12H2,1H3,(H,28,31)/t16-/m1/s1. The second-order valence-corrected chi connectivity index (χ2v) is 7.84. The molecule has 2 aliphatic rings. The molecule has 31 heavy (non-hydrogen) atoms. The molecule has 2 amide bonds. The summed E-state index contributed by atoms with van der Waals surface area (Å²) in [7, 11) is 1.68. The molecule has 0 radical (unpaired) electrons. The summed E-state index contributed by atoms with van der Waals surface area (Å²) in [5.41, 5.74) is 1.65. The molecule has 2 aromatic carbocycles. The number of hydrogen-bond donors (Lipinski definition) is 3. The molecular formula is C22H23F3N4O2. The molecule has 1 saturated heterocycles. The molecule has 2 aliphatic heterocycles. The van der Waals surface area contributed by atoms with Crippen molar-refractivity contribution in [2.45, 2.75) is 31.5 Å². The Morgan fingerprint density at radius 2 is 1.97 bits per heavy atom. The Labute approximate surface area is 177 Å². The van der Waals surface area contributed by atoms with Crippen LogP contribution >= 0.6 is 0 Å². The van der Waals surface area contributed by atoms with Crippen LogP contribution in [-0.4, -0.2) is 38.0 Å². The molecule has 0 spiro atoms. The van der Waals surface area contributed by atoms with E-state index in [1.54, 1.807) is 24.1 Å². The minimum Gasteiger partial charge on any atom is -0.380 e. The normalized spacial score (nSPS) is 18.6. The maximum absolute atomic E-state index is 13.2. The first kappa shape index (κ1) is 21.2. The number of nitrogens with zero attached hydrogens (tertiary/aromatic N) is 1. The summed E-state index contributed by atoms with van der Waals surface area (Å²) in [5.74, 6) is -0.526. The van der Waals surface area contributed by atoms with Gasteiger partial charge in [0.1, 0.15) is 0 Å². The summed E-state index contributed by atoms with van der Waals surface area (Å²) in [6.07, 6.45) is -2.68. The summed E-state index contributed by atoms with van der Waals surface area (Å²) < 4.78 is 39.7. The molecule has 1 fully saturated rings. The third-order valence-corrected chi connectivity index (χ3v) is 5.70. The van der Waals surface area contributed by atoms with Gasteiger partial charge in [-0.05, 0) is 55.3 Å². The zero-order chi connectivity index (χ0) is 22.2. The van der Waals surface area contributed by atoms with Crippen molar-refractivity contribution in [3.8, 4) is 0 Å². The topological polar surface area (TPSA) is 73.5 Å². The predicted octanol–water partition coefficient (Wildman–Crippen LogP) is 3.64. The van der Waals surface area contributed by atoms with Crippen molar-refractivity contribution >= 4 is 28.9 Å². The van der Waals surface area contributed by atoms with Crippen LogP contribution in [0.25, 0.3) is 0 Å². The maximum atomic E-state index is 13.2. The second kappa shape index (κ2) is 8.22. The Morgan fingerprint density at radius 3 is 2.68 bits per heavy atom. The highest BCUT2D eigenvalue weighted by atomic mass is 19.4. The van der Waals surface area contributed by atoms with E-state index in [2.05, 4.69) is 16.0 Å². The first-order valence-electron chi connectivity index (χ1n) is 10.1. The molecule has 2 aromatic rings. The minimum absolute atomic E-state index is 0.00428. The number of anilines is 3. The van der Waals surface area contributed by atoms with Crippen molar-refractivity contribution in [1.29, 1.82) is 0 Å². The van der Waals surface area contributed by atoms with Crippen LogP contribution < -0.4 is 20.9 Å². The number of hydrogen-bond acceptors (Lipinski definition) is 4. The number of benzene rings is 2. The van der Waals surface area contributed by atoms with Gasteiger partial charge in [0.15, 0.2) is 0 Å². The van der Waals surface area contributed by atoms with Crippen LogP contribution in [0.15, 0.2) is 36.4 Å². The Morgan fingerprint density at radius 1 is 1.16 bits per heavy atom. The first-order valence-corrected chi connectivity index (χ1v) is 10.1. The van der Waals surface area contributed by atoms with Gasteiger partial charge in [-0.2, -0.15) is 13.2 Å². The molecule has 0 aliphatic carbocycles. The highest BCUT2D eigenvalue weighted by Crippen LogP contribution is 2.34. The predicted molar refractivity (Wildman–Crippen MR) is 112 cm³/mol. The average Bonchev–Trinajstić information content (AvgIpc) is 3.23. The van der Waals surface area contributed by atoms with E-state index in [1.807, 2.05) is 6.07 Å². The molecule has 0 bridgehead atoms. The van der Waals surface area contributed by atoms with E-state index in [0.29, 0.717) is 25.1 Å². The molecular weight excluding hydrogens is 409 g/mol. The third-order valence-electron chi connectivity index (χ3n) is 5.70. The van der Waals surface area contributed by atoms with Gasteiger partial charge in [-0.1, -0.05) is 6.07 Å². The third kappa shape index (κ3) is 4.51. The number of halogens is 3. The lowest BCUT2D eigenvalue weighted by molar-refractivity contribution is -0.137. The second-order valence-electron chi connectivity index (χ2n) is 7.84. The number of carbonyl (C=O) groups is 2. The first-order chi connectivity index (χ1) is 14.7. The molecule has 164 valence electrons. The fourth-order valence-electron chi connectivity index (χ4n) is 3.94. The van der Waals surface area contributed by atoms with Gasteiger partial charge in [-0.15, -0.1) is 0 Å². The van der Waals surface area contributed by atoms with Crippen molar-refractivity contribution < 1.29 is 22.8 Å². The van der Waals surface area contributed by atoms with E-state index < -0.39 is 17.6 Å². The lowest BCUT2D eigenvalue weighted by Gasteiger charge is -2.26. The van der Waals surface area contributed by atoms with E-state index in [-0.39, 0.29) is 23.2 Å². The fraction of sp³-hybridized carbons (Fsp3) is 0.364.